The van der Waals surface area contributed by atoms with Gasteiger partial charge in [-0.2, -0.15) is 11.8 Å². The number of thioether (sulfide) groups is 2. The lowest BCUT2D eigenvalue weighted by atomic mass is 9.84. The van der Waals surface area contributed by atoms with Crippen LogP contribution in [0.3, 0.4) is 0 Å². The third-order valence-electron chi connectivity index (χ3n) is 8.60. The van der Waals surface area contributed by atoms with E-state index >= 15 is 0 Å². The van der Waals surface area contributed by atoms with Gasteiger partial charge in [0, 0.05) is 37.7 Å². The van der Waals surface area contributed by atoms with Gasteiger partial charge in [0.1, 0.15) is 24.7 Å². The Morgan fingerprint density at radius 1 is 1.00 bits per heavy atom. The summed E-state index contributed by atoms with van der Waals surface area (Å²) in [7, 11) is 1.55. The van der Waals surface area contributed by atoms with Crippen molar-refractivity contribution in [3.05, 3.63) is 66.2 Å². The smallest absolute Gasteiger partial charge is 0.330 e. The summed E-state index contributed by atoms with van der Waals surface area (Å²) >= 11 is 3.50. The van der Waals surface area contributed by atoms with Gasteiger partial charge < -0.3 is 18.9 Å². The van der Waals surface area contributed by atoms with E-state index in [4.69, 9.17) is 18.9 Å². The molecule has 2 N–H and O–H groups in total. The van der Waals surface area contributed by atoms with Gasteiger partial charge in [-0.1, -0.05) is 0 Å². The van der Waals surface area contributed by atoms with Crippen LogP contribution in [0.4, 0.5) is 0 Å². The minimum atomic E-state index is -0.489. The number of rotatable bonds is 11. The van der Waals surface area contributed by atoms with Crippen molar-refractivity contribution in [2.45, 2.75) is 88.5 Å². The van der Waals surface area contributed by atoms with Gasteiger partial charge in [-0.3, -0.25) is 38.3 Å². The Morgan fingerprint density at radius 3 is 2.34 bits per heavy atom. The molecule has 260 valence electrons. The molecule has 3 saturated heterocycles. The number of carbonyl (C=O) groups excluding carboxylic acids is 2. The van der Waals surface area contributed by atoms with E-state index in [1.54, 1.807) is 18.9 Å². The SMILES string of the molecule is CC1(C(=O)OCC2CCC(n3ccc(=O)[nH]c3=O)O2)CCSCC1.COC(COC(=O)C1CCCS1)CC(C)n1ccc(=O)[nH]c1=O. The highest BCUT2D eigenvalue weighted by Crippen LogP contribution is 2.36. The van der Waals surface area contributed by atoms with E-state index in [1.165, 1.54) is 33.7 Å². The molecule has 0 radical (unpaired) electrons. The lowest BCUT2D eigenvalue weighted by molar-refractivity contribution is -0.160. The zero-order chi connectivity index (χ0) is 34.0. The van der Waals surface area contributed by atoms with Crippen molar-refractivity contribution >= 4 is 35.5 Å². The van der Waals surface area contributed by atoms with Gasteiger partial charge in [-0.05, 0) is 76.1 Å². The van der Waals surface area contributed by atoms with Crippen molar-refractivity contribution in [1.82, 2.24) is 19.1 Å². The number of carbonyl (C=O) groups is 2. The molecule has 0 bridgehead atoms. The molecule has 5 atom stereocenters. The van der Waals surface area contributed by atoms with Gasteiger partial charge in [0.2, 0.25) is 0 Å². The first-order valence-electron chi connectivity index (χ1n) is 15.8. The second-order valence-corrected chi connectivity index (χ2v) is 14.7. The lowest BCUT2D eigenvalue weighted by Crippen LogP contribution is -2.35. The second kappa shape index (κ2) is 17.4. The van der Waals surface area contributed by atoms with Crippen LogP contribution in [0.15, 0.2) is 43.7 Å². The minimum Gasteiger partial charge on any atom is -0.463 e. The van der Waals surface area contributed by atoms with Crippen LogP contribution in [0.1, 0.15) is 71.1 Å². The van der Waals surface area contributed by atoms with Gasteiger partial charge in [0.25, 0.3) is 11.1 Å². The summed E-state index contributed by atoms with van der Waals surface area (Å²) in [6.07, 6.45) is 7.37. The van der Waals surface area contributed by atoms with Gasteiger partial charge in [-0.25, -0.2) is 9.59 Å². The predicted molar refractivity (Wildman–Crippen MR) is 178 cm³/mol. The maximum absolute atomic E-state index is 12.3. The highest BCUT2D eigenvalue weighted by atomic mass is 32.2. The fourth-order valence-corrected chi connectivity index (χ4v) is 8.12. The Hall–Kier alpha value is -3.08. The monoisotopic (exact) mass is 696 g/mol. The van der Waals surface area contributed by atoms with Crippen LogP contribution in [0, 0.1) is 5.41 Å². The molecule has 0 aliphatic carbocycles. The van der Waals surface area contributed by atoms with Crippen molar-refractivity contribution in [2.24, 2.45) is 5.41 Å². The molecule has 0 aromatic carbocycles. The molecule has 5 rings (SSSR count). The van der Waals surface area contributed by atoms with Crippen LogP contribution in [-0.2, 0) is 28.5 Å². The molecule has 3 aliphatic heterocycles. The molecule has 0 saturated carbocycles. The third-order valence-corrected chi connectivity index (χ3v) is 10.9. The van der Waals surface area contributed by atoms with E-state index in [9.17, 15) is 28.8 Å². The molecule has 5 unspecified atom stereocenters. The molecular weight excluding hydrogens is 652 g/mol. The number of nitrogens with zero attached hydrogens (tertiary/aromatic N) is 2. The standard InChI is InChI=1S/C16H22N2O5S.C15H22N2O5S/c1-16(5-8-24-9-6-16)14(20)22-10-11-2-3-13(23-11)18-7-4-12(19)17-15(18)21;1-10(17-6-5-13(18)16-15(17)20)8-11(21-2)9-22-14(19)12-4-3-7-23-12/h4,7,11,13H,2-3,5-6,8-10H2,1H3,(H,17,19,21);5-6,10-12H,3-4,7-9H2,1-2H3,(H,16,18,20). The van der Waals surface area contributed by atoms with E-state index in [2.05, 4.69) is 9.97 Å². The van der Waals surface area contributed by atoms with Crippen molar-refractivity contribution in [3.63, 3.8) is 0 Å². The number of H-pyrrole nitrogens is 2. The number of esters is 2. The number of nitrogens with one attached hydrogen (secondary N) is 2. The van der Waals surface area contributed by atoms with Crippen LogP contribution in [-0.4, -0.2) is 86.1 Å². The number of hydrogen-bond donors (Lipinski definition) is 2. The Morgan fingerprint density at radius 2 is 1.70 bits per heavy atom. The molecule has 5 heterocycles. The van der Waals surface area contributed by atoms with Crippen molar-refractivity contribution < 1.29 is 28.5 Å². The molecule has 0 spiro atoms. The summed E-state index contributed by atoms with van der Waals surface area (Å²) in [5, 5.41) is -0.0632. The van der Waals surface area contributed by atoms with Gasteiger partial charge in [0.15, 0.2) is 0 Å². The van der Waals surface area contributed by atoms with E-state index < -0.39 is 28.7 Å². The van der Waals surface area contributed by atoms with Crippen molar-refractivity contribution in [3.8, 4) is 0 Å². The molecule has 2 aromatic heterocycles. The van der Waals surface area contributed by atoms with Crippen LogP contribution in [0.5, 0.6) is 0 Å². The fraction of sp³-hybridized carbons (Fsp3) is 0.677. The van der Waals surface area contributed by atoms with Crippen LogP contribution >= 0.6 is 23.5 Å². The van der Waals surface area contributed by atoms with Gasteiger partial charge in [0.05, 0.1) is 17.6 Å². The Bertz CT molecular complexity index is 1570. The zero-order valence-electron chi connectivity index (χ0n) is 27.0. The zero-order valence-corrected chi connectivity index (χ0v) is 28.6. The summed E-state index contributed by atoms with van der Waals surface area (Å²) in [5.74, 6) is 2.63. The maximum atomic E-state index is 12.3. The summed E-state index contributed by atoms with van der Waals surface area (Å²) in [4.78, 5) is 74.5. The topological polar surface area (TPSA) is 181 Å². The van der Waals surface area contributed by atoms with Crippen LogP contribution in [0.25, 0.3) is 0 Å². The van der Waals surface area contributed by atoms with Crippen LogP contribution in [0.2, 0.25) is 0 Å². The number of ether oxygens (including phenoxy) is 4. The number of aromatic amines is 2. The molecule has 2 aromatic rings. The fourth-order valence-electron chi connectivity index (χ4n) is 5.57. The second-order valence-electron chi connectivity index (χ2n) is 12.2. The normalized spacial score (nSPS) is 23.3. The molecule has 16 heteroatoms. The number of aromatic nitrogens is 4. The van der Waals surface area contributed by atoms with Crippen LogP contribution < -0.4 is 22.5 Å². The van der Waals surface area contributed by atoms with Crippen molar-refractivity contribution in [2.75, 3.05) is 37.6 Å². The summed E-state index contributed by atoms with van der Waals surface area (Å²) < 4.78 is 24.8. The molecule has 3 fully saturated rings. The molecular formula is C31H44N4O10S2. The average Bonchev–Trinajstić information content (AvgIpc) is 3.75. The number of hydrogen-bond acceptors (Lipinski definition) is 12. The predicted octanol–water partition coefficient (Wildman–Crippen LogP) is 2.23. The molecule has 47 heavy (non-hydrogen) atoms. The van der Waals surface area contributed by atoms with E-state index in [-0.39, 0.29) is 54.1 Å². The summed E-state index contributed by atoms with van der Waals surface area (Å²) in [6.45, 7) is 4.18. The molecule has 3 aliphatic rings. The highest BCUT2D eigenvalue weighted by molar-refractivity contribution is 8.00. The first-order valence-corrected chi connectivity index (χ1v) is 18.0. The van der Waals surface area contributed by atoms with E-state index in [0.29, 0.717) is 19.3 Å². The van der Waals surface area contributed by atoms with E-state index in [0.717, 1.165) is 42.9 Å². The third kappa shape index (κ3) is 10.5. The average molecular weight is 697 g/mol. The molecule has 14 nitrogen and oxygen atoms in total. The Kier molecular flexibility index (Phi) is 13.6. The van der Waals surface area contributed by atoms with Crippen molar-refractivity contribution in [1.29, 1.82) is 0 Å². The maximum Gasteiger partial charge on any atom is 0.330 e. The molecule has 0 amide bonds. The summed E-state index contributed by atoms with van der Waals surface area (Å²) in [6, 6.07) is 2.40. The van der Waals surface area contributed by atoms with E-state index in [1.807, 2.05) is 25.6 Å². The largest absolute Gasteiger partial charge is 0.463 e. The first-order chi connectivity index (χ1) is 22.5. The lowest BCUT2D eigenvalue weighted by Gasteiger charge is -2.31. The Labute approximate surface area is 280 Å². The quantitative estimate of drug-likeness (QED) is 0.328. The van der Waals surface area contributed by atoms with Gasteiger partial charge in [-0.15, -0.1) is 11.8 Å². The minimum absolute atomic E-state index is 0.0632. The Balaban J connectivity index is 0.000000213. The number of methoxy groups -OCH3 is 1. The summed E-state index contributed by atoms with van der Waals surface area (Å²) in [5.41, 5.74) is -2.20. The highest BCUT2D eigenvalue weighted by Gasteiger charge is 2.37. The first kappa shape index (κ1) is 36.8. The van der Waals surface area contributed by atoms with Gasteiger partial charge >= 0.3 is 23.3 Å².